The van der Waals surface area contributed by atoms with Crippen molar-refractivity contribution in [1.82, 2.24) is 0 Å². The zero-order valence-corrected chi connectivity index (χ0v) is 7.10. The van der Waals surface area contributed by atoms with Gasteiger partial charge in [-0.2, -0.15) is 0 Å². The summed E-state index contributed by atoms with van der Waals surface area (Å²) in [5.74, 6) is 0. The highest BCUT2D eigenvalue weighted by molar-refractivity contribution is 5.75. The molecule has 0 fully saturated rings. The lowest BCUT2D eigenvalue weighted by Crippen LogP contribution is -1.80. The lowest BCUT2D eigenvalue weighted by atomic mass is 10.2. The van der Waals surface area contributed by atoms with Gasteiger partial charge in [0, 0.05) is 29.7 Å². The summed E-state index contributed by atoms with van der Waals surface area (Å²) in [5.41, 5.74) is 0. The van der Waals surface area contributed by atoms with Crippen molar-refractivity contribution in [2.75, 3.05) is 6.61 Å². The van der Waals surface area contributed by atoms with Gasteiger partial charge in [-0.05, 0) is 6.42 Å². The van der Waals surface area contributed by atoms with Gasteiger partial charge < -0.3 is 5.11 Å². The van der Waals surface area contributed by atoms with Crippen molar-refractivity contribution in [3.63, 3.8) is 0 Å². The molecule has 0 amide bonds. The van der Waals surface area contributed by atoms with Crippen LogP contribution in [0.5, 0.6) is 0 Å². The molecule has 0 aromatic heterocycles. The number of rotatable bonds is 4. The Balaban J connectivity index is 0. The van der Waals surface area contributed by atoms with Gasteiger partial charge in [-0.25, -0.2) is 0 Å². The van der Waals surface area contributed by atoms with Gasteiger partial charge in [0.25, 0.3) is 0 Å². The molecule has 0 saturated heterocycles. The topological polar surface area (TPSA) is 20.2 Å². The molecular weight excluding hydrogens is 112 g/mol. The first kappa shape index (κ1) is 11.5. The summed E-state index contributed by atoms with van der Waals surface area (Å²) < 4.78 is 0. The largest absolute Gasteiger partial charge is 0.396 e. The van der Waals surface area contributed by atoms with Crippen LogP contribution in [0.1, 0.15) is 32.6 Å². The van der Waals surface area contributed by atoms with E-state index in [-0.39, 0.29) is 23.1 Å². The standard InChI is InChI=1S/C6H14O.Mg/c1-2-3-4-5-6-7;/h7H,2-6H2,1H3;. The summed E-state index contributed by atoms with van der Waals surface area (Å²) in [5, 5.41) is 8.29. The first-order valence-corrected chi connectivity index (χ1v) is 3.02. The Hall–Kier alpha value is 0.726. The van der Waals surface area contributed by atoms with E-state index in [1.807, 2.05) is 0 Å². The maximum Gasteiger partial charge on any atom is 0.0431 e. The first-order valence-electron chi connectivity index (χ1n) is 3.02. The molecule has 0 heterocycles. The molecule has 2 heteroatoms. The summed E-state index contributed by atoms with van der Waals surface area (Å²) in [6.07, 6.45) is 4.68. The second-order valence-electron chi connectivity index (χ2n) is 1.78. The first-order chi connectivity index (χ1) is 3.41. The van der Waals surface area contributed by atoms with Gasteiger partial charge in [-0.3, -0.25) is 0 Å². The van der Waals surface area contributed by atoms with E-state index in [1.165, 1.54) is 19.3 Å². The third-order valence-electron chi connectivity index (χ3n) is 1.01. The Morgan fingerprint density at radius 1 is 1.12 bits per heavy atom. The number of aliphatic hydroxyl groups excluding tert-OH is 1. The molecule has 0 unspecified atom stereocenters. The normalized spacial score (nSPS) is 8.25. The minimum atomic E-state index is 0. The van der Waals surface area contributed by atoms with Crippen molar-refractivity contribution >= 4 is 23.1 Å². The second-order valence-corrected chi connectivity index (χ2v) is 1.78. The Bertz CT molecular complexity index is 27.7. The quantitative estimate of drug-likeness (QED) is 0.443. The molecule has 0 aromatic carbocycles. The molecule has 8 heavy (non-hydrogen) atoms. The van der Waals surface area contributed by atoms with E-state index in [0.717, 1.165) is 6.42 Å². The predicted octanol–water partition coefficient (Wildman–Crippen LogP) is 1.18. The Kier molecular flexibility index (Phi) is 15.3. The maximum atomic E-state index is 8.29. The third-order valence-corrected chi connectivity index (χ3v) is 1.01. The van der Waals surface area contributed by atoms with E-state index in [1.54, 1.807) is 0 Å². The van der Waals surface area contributed by atoms with E-state index in [4.69, 9.17) is 5.11 Å². The molecule has 0 saturated carbocycles. The van der Waals surface area contributed by atoms with Gasteiger partial charge >= 0.3 is 0 Å². The summed E-state index contributed by atoms with van der Waals surface area (Å²) in [6.45, 7) is 2.53. The summed E-state index contributed by atoms with van der Waals surface area (Å²) in [7, 11) is 0. The molecule has 1 N–H and O–H groups in total. The van der Waals surface area contributed by atoms with Crippen LogP contribution >= 0.6 is 0 Å². The van der Waals surface area contributed by atoms with Gasteiger partial charge in [0.15, 0.2) is 0 Å². The fraction of sp³-hybridized carbons (Fsp3) is 1.00. The summed E-state index contributed by atoms with van der Waals surface area (Å²) in [6, 6.07) is 0. The van der Waals surface area contributed by atoms with Crippen LogP contribution in [0.25, 0.3) is 0 Å². The smallest absolute Gasteiger partial charge is 0.0431 e. The maximum absolute atomic E-state index is 8.29. The van der Waals surface area contributed by atoms with Crippen LogP contribution in [0.4, 0.5) is 0 Å². The zero-order chi connectivity index (χ0) is 5.54. The average Bonchev–Trinajstić information content (AvgIpc) is 1.69. The van der Waals surface area contributed by atoms with Gasteiger partial charge in [-0.15, -0.1) is 0 Å². The zero-order valence-electron chi connectivity index (χ0n) is 5.69. The van der Waals surface area contributed by atoms with Gasteiger partial charge in [0.1, 0.15) is 0 Å². The molecule has 46 valence electrons. The molecule has 0 aliphatic carbocycles. The van der Waals surface area contributed by atoms with Crippen molar-refractivity contribution in [1.29, 1.82) is 0 Å². The Labute approximate surface area is 67.6 Å². The van der Waals surface area contributed by atoms with Crippen LogP contribution in [-0.4, -0.2) is 34.8 Å². The van der Waals surface area contributed by atoms with Crippen LogP contribution in [0.3, 0.4) is 0 Å². The van der Waals surface area contributed by atoms with E-state index in [9.17, 15) is 0 Å². The minimum absolute atomic E-state index is 0. The minimum Gasteiger partial charge on any atom is -0.396 e. The Morgan fingerprint density at radius 2 is 1.75 bits per heavy atom. The highest BCUT2D eigenvalue weighted by atomic mass is 24.3. The van der Waals surface area contributed by atoms with Crippen molar-refractivity contribution < 1.29 is 5.11 Å². The van der Waals surface area contributed by atoms with Gasteiger partial charge in [0.2, 0.25) is 0 Å². The number of unbranched alkanes of at least 4 members (excludes halogenated alkanes) is 3. The van der Waals surface area contributed by atoms with Crippen LogP contribution in [0, 0.1) is 0 Å². The monoisotopic (exact) mass is 126 g/mol. The van der Waals surface area contributed by atoms with Gasteiger partial charge in [0.05, 0.1) is 0 Å². The fourth-order valence-corrected chi connectivity index (χ4v) is 0.539. The van der Waals surface area contributed by atoms with Crippen molar-refractivity contribution in [3.05, 3.63) is 0 Å². The third kappa shape index (κ3) is 9.87. The number of aliphatic hydroxyl groups is 1. The number of hydrogen-bond donors (Lipinski definition) is 1. The molecule has 1 nitrogen and oxygen atoms in total. The highest BCUT2D eigenvalue weighted by Gasteiger charge is 1.80. The van der Waals surface area contributed by atoms with Crippen LogP contribution in [0.2, 0.25) is 0 Å². The lowest BCUT2D eigenvalue weighted by Gasteiger charge is -1.90. The Morgan fingerprint density at radius 3 is 2.12 bits per heavy atom. The molecular formula is C6H14MgO. The molecule has 0 rings (SSSR count). The molecule has 2 radical (unpaired) electrons. The van der Waals surface area contributed by atoms with E-state index >= 15 is 0 Å². The van der Waals surface area contributed by atoms with E-state index in [2.05, 4.69) is 6.92 Å². The number of hydrogen-bond acceptors (Lipinski definition) is 1. The fourth-order valence-electron chi connectivity index (χ4n) is 0.539. The van der Waals surface area contributed by atoms with Crippen molar-refractivity contribution in [2.45, 2.75) is 32.6 Å². The predicted molar refractivity (Wildman–Crippen MR) is 37.0 cm³/mol. The molecule has 0 spiro atoms. The molecule has 0 bridgehead atoms. The van der Waals surface area contributed by atoms with Gasteiger partial charge in [-0.1, -0.05) is 26.2 Å². The molecule has 0 atom stereocenters. The lowest BCUT2D eigenvalue weighted by molar-refractivity contribution is 0.283. The average molecular weight is 126 g/mol. The van der Waals surface area contributed by atoms with Crippen LogP contribution in [0.15, 0.2) is 0 Å². The summed E-state index contributed by atoms with van der Waals surface area (Å²) in [4.78, 5) is 0. The van der Waals surface area contributed by atoms with Crippen LogP contribution < -0.4 is 0 Å². The van der Waals surface area contributed by atoms with E-state index in [0.29, 0.717) is 6.61 Å². The van der Waals surface area contributed by atoms with Crippen LogP contribution in [-0.2, 0) is 0 Å². The SMILES string of the molecule is CCCCCCO.[Mg]. The summed E-state index contributed by atoms with van der Waals surface area (Å²) >= 11 is 0. The van der Waals surface area contributed by atoms with E-state index < -0.39 is 0 Å². The van der Waals surface area contributed by atoms with Crippen molar-refractivity contribution in [3.8, 4) is 0 Å². The second kappa shape index (κ2) is 10.7. The molecule has 0 aromatic rings. The van der Waals surface area contributed by atoms with Crippen molar-refractivity contribution in [2.24, 2.45) is 0 Å². The molecule has 0 aliphatic heterocycles. The molecule has 0 aliphatic rings. The highest BCUT2D eigenvalue weighted by Crippen LogP contribution is 1.95.